The highest BCUT2D eigenvalue weighted by atomic mass is 32.1. The maximum absolute atomic E-state index is 10.6. The van der Waals surface area contributed by atoms with E-state index in [1.54, 1.807) is 11.3 Å². The van der Waals surface area contributed by atoms with E-state index in [1.807, 2.05) is 12.4 Å². The summed E-state index contributed by atoms with van der Waals surface area (Å²) in [5, 5.41) is 18.7. The summed E-state index contributed by atoms with van der Waals surface area (Å²) in [4.78, 5) is 27.4. The average molecular weight is 575 g/mol. The number of carboxylic acid groups (broad SMARTS) is 2. The average Bonchev–Trinajstić information content (AvgIpc) is 3.51. The van der Waals surface area contributed by atoms with E-state index in [2.05, 4.69) is 43.2 Å². The zero-order valence-electron chi connectivity index (χ0n) is 20.3. The van der Waals surface area contributed by atoms with Gasteiger partial charge in [0, 0.05) is 51.0 Å². The summed E-state index contributed by atoms with van der Waals surface area (Å²) in [6.07, 6.45) is -5.03. The van der Waals surface area contributed by atoms with Crippen molar-refractivity contribution in [2.45, 2.75) is 31.9 Å². The lowest BCUT2D eigenvalue weighted by Crippen LogP contribution is -2.40. The minimum Gasteiger partial charge on any atom is -0.475 e. The molecule has 1 spiro atoms. The Kier molecular flexibility index (Phi) is 11.1. The van der Waals surface area contributed by atoms with Gasteiger partial charge in [0.15, 0.2) is 0 Å². The number of aryl methyl sites for hydroxylation is 1. The summed E-state index contributed by atoms with van der Waals surface area (Å²) in [7, 11) is 2.07. The molecular weight excluding hydrogens is 546 g/mol. The van der Waals surface area contributed by atoms with Crippen LogP contribution in [-0.4, -0.2) is 93.2 Å². The number of aliphatic carboxylic acids is 2. The molecule has 4 heterocycles. The summed E-state index contributed by atoms with van der Waals surface area (Å²) in [5.41, 5.74) is 1.71. The molecule has 1 unspecified atom stereocenters. The first-order valence-electron chi connectivity index (χ1n) is 11.2. The maximum Gasteiger partial charge on any atom is 0.490 e. The fraction of sp³-hybridized carbons (Fsp3) is 0.591. The first-order chi connectivity index (χ1) is 17.6. The van der Waals surface area contributed by atoms with Gasteiger partial charge in [-0.15, -0.1) is 0 Å². The second-order valence-electron chi connectivity index (χ2n) is 8.92. The highest BCUT2D eigenvalue weighted by molar-refractivity contribution is 7.07. The quantitative estimate of drug-likeness (QED) is 0.535. The number of likely N-dealkylation sites (tertiary alicyclic amines) is 1. The third-order valence-electron chi connectivity index (χ3n) is 5.79. The molecule has 1 atom stereocenters. The van der Waals surface area contributed by atoms with Gasteiger partial charge in [-0.1, -0.05) is 0 Å². The number of thiophene rings is 1. The Labute approximate surface area is 218 Å². The molecule has 2 N–H and O–H groups in total. The van der Waals surface area contributed by atoms with Gasteiger partial charge in [-0.2, -0.15) is 37.7 Å². The van der Waals surface area contributed by atoms with Gasteiger partial charge in [0.1, 0.15) is 5.82 Å². The van der Waals surface area contributed by atoms with Gasteiger partial charge >= 0.3 is 24.3 Å². The van der Waals surface area contributed by atoms with Crippen molar-refractivity contribution < 1.29 is 50.9 Å². The van der Waals surface area contributed by atoms with Crippen LogP contribution in [0.4, 0.5) is 26.3 Å². The molecular formula is C22H28F6N4O5S. The van der Waals surface area contributed by atoms with E-state index >= 15 is 0 Å². The lowest BCUT2D eigenvalue weighted by molar-refractivity contribution is -0.193. The fourth-order valence-electron chi connectivity index (χ4n) is 4.02. The molecule has 0 radical (unpaired) electrons. The molecule has 2 aromatic heterocycles. The van der Waals surface area contributed by atoms with Crippen LogP contribution in [-0.2, 0) is 34.5 Å². The number of carbonyl (C=O) groups is 2. The van der Waals surface area contributed by atoms with Crippen molar-refractivity contribution in [3.05, 3.63) is 40.6 Å². The lowest BCUT2D eigenvalue weighted by Gasteiger charge is -2.31. The first kappa shape index (κ1) is 31.5. The van der Waals surface area contributed by atoms with Gasteiger partial charge in [0.25, 0.3) is 0 Å². The third-order valence-corrected chi connectivity index (χ3v) is 6.53. The van der Waals surface area contributed by atoms with E-state index in [4.69, 9.17) is 24.5 Å². The van der Waals surface area contributed by atoms with Crippen LogP contribution in [0.5, 0.6) is 0 Å². The molecule has 2 aliphatic heterocycles. The second-order valence-corrected chi connectivity index (χ2v) is 9.70. The minimum absolute atomic E-state index is 0.275. The van der Waals surface area contributed by atoms with Crippen LogP contribution in [0.15, 0.2) is 29.2 Å². The molecule has 0 bridgehead atoms. The van der Waals surface area contributed by atoms with Crippen LogP contribution >= 0.6 is 11.3 Å². The van der Waals surface area contributed by atoms with Crippen molar-refractivity contribution in [2.24, 2.45) is 12.5 Å². The normalized spacial score (nSPS) is 20.7. The first-order valence-corrected chi connectivity index (χ1v) is 12.2. The second kappa shape index (κ2) is 13.4. The number of alkyl halides is 6. The SMILES string of the molecule is Cn1ccnc1CN1CCC2(COCCN(Cc3ccsc3)C2)C1.O=C(O)C(F)(F)F.O=C(O)C(F)(F)F. The number of halogens is 6. The Morgan fingerprint density at radius 2 is 1.63 bits per heavy atom. The third kappa shape index (κ3) is 10.2. The number of aromatic nitrogens is 2. The molecule has 2 aromatic rings. The van der Waals surface area contributed by atoms with Gasteiger partial charge in [-0.3, -0.25) is 9.80 Å². The monoisotopic (exact) mass is 574 g/mol. The molecule has 2 aliphatic rings. The predicted octanol–water partition coefficient (Wildman–Crippen LogP) is 3.47. The number of rotatable bonds is 4. The van der Waals surface area contributed by atoms with Crippen LogP contribution in [0.1, 0.15) is 17.8 Å². The van der Waals surface area contributed by atoms with Crippen molar-refractivity contribution in [1.82, 2.24) is 19.4 Å². The molecule has 0 aliphatic carbocycles. The van der Waals surface area contributed by atoms with E-state index < -0.39 is 24.3 Å². The topological polar surface area (TPSA) is 108 Å². The van der Waals surface area contributed by atoms with Gasteiger partial charge in [0.05, 0.1) is 19.8 Å². The van der Waals surface area contributed by atoms with Crippen LogP contribution < -0.4 is 0 Å². The largest absolute Gasteiger partial charge is 0.490 e. The summed E-state index contributed by atoms with van der Waals surface area (Å²) in [6.45, 7) is 8.17. The molecule has 0 aromatic carbocycles. The molecule has 214 valence electrons. The number of hydrogen-bond donors (Lipinski definition) is 2. The van der Waals surface area contributed by atoms with Crippen molar-refractivity contribution >= 4 is 23.3 Å². The van der Waals surface area contributed by atoms with Gasteiger partial charge < -0.3 is 19.5 Å². The number of nitrogens with zero attached hydrogens (tertiary/aromatic N) is 4. The number of carboxylic acids is 2. The Morgan fingerprint density at radius 3 is 2.11 bits per heavy atom. The maximum atomic E-state index is 10.6. The summed E-state index contributed by atoms with van der Waals surface area (Å²) in [5.74, 6) is -4.36. The van der Waals surface area contributed by atoms with Gasteiger partial charge in [-0.25, -0.2) is 14.6 Å². The van der Waals surface area contributed by atoms with E-state index in [0.717, 1.165) is 58.3 Å². The Bertz CT molecular complexity index is 1010. The molecule has 16 heteroatoms. The summed E-state index contributed by atoms with van der Waals surface area (Å²) < 4.78 is 71.6. The Balaban J connectivity index is 0.000000301. The van der Waals surface area contributed by atoms with Crippen molar-refractivity contribution in [1.29, 1.82) is 0 Å². The van der Waals surface area contributed by atoms with Gasteiger partial charge in [-0.05, 0) is 35.4 Å². The zero-order chi connectivity index (χ0) is 28.6. The van der Waals surface area contributed by atoms with Crippen LogP contribution in [0.25, 0.3) is 0 Å². The fourth-order valence-corrected chi connectivity index (χ4v) is 4.68. The highest BCUT2D eigenvalue weighted by Gasteiger charge is 2.41. The molecule has 4 rings (SSSR count). The number of ether oxygens (including phenoxy) is 1. The zero-order valence-corrected chi connectivity index (χ0v) is 21.2. The molecule has 9 nitrogen and oxygen atoms in total. The molecule has 2 fully saturated rings. The molecule has 2 saturated heterocycles. The minimum atomic E-state index is -5.08. The molecule has 0 amide bonds. The van der Waals surface area contributed by atoms with Crippen LogP contribution in [0, 0.1) is 5.41 Å². The van der Waals surface area contributed by atoms with Crippen LogP contribution in [0.2, 0.25) is 0 Å². The summed E-state index contributed by atoms with van der Waals surface area (Å²) in [6, 6.07) is 2.24. The van der Waals surface area contributed by atoms with E-state index in [1.165, 1.54) is 12.0 Å². The predicted molar refractivity (Wildman–Crippen MR) is 123 cm³/mol. The van der Waals surface area contributed by atoms with Crippen molar-refractivity contribution in [3.63, 3.8) is 0 Å². The smallest absolute Gasteiger partial charge is 0.475 e. The van der Waals surface area contributed by atoms with Crippen LogP contribution in [0.3, 0.4) is 0 Å². The summed E-state index contributed by atoms with van der Waals surface area (Å²) >= 11 is 1.79. The Hall–Kier alpha value is -2.69. The lowest BCUT2D eigenvalue weighted by atomic mass is 9.87. The number of hydrogen-bond acceptors (Lipinski definition) is 7. The highest BCUT2D eigenvalue weighted by Crippen LogP contribution is 2.34. The Morgan fingerprint density at radius 1 is 1.05 bits per heavy atom. The standard InChI is InChI=1S/C18H26N4OS.2C2HF3O2/c1-20-6-4-19-17(20)11-21-5-3-18(13-21)14-22(7-8-23-15-18)10-16-2-9-24-12-16;2*3-2(4,5)1(6)7/h2,4,6,9,12H,3,5,7-8,10-11,13-15H2,1H3;2*(H,6,7). The van der Waals surface area contributed by atoms with Crippen molar-refractivity contribution in [2.75, 3.05) is 39.4 Å². The molecule has 38 heavy (non-hydrogen) atoms. The van der Waals surface area contributed by atoms with Crippen molar-refractivity contribution in [3.8, 4) is 0 Å². The number of imidazole rings is 1. The molecule has 0 saturated carbocycles. The van der Waals surface area contributed by atoms with E-state index in [0.29, 0.717) is 0 Å². The van der Waals surface area contributed by atoms with E-state index in [-0.39, 0.29) is 5.41 Å². The van der Waals surface area contributed by atoms with Gasteiger partial charge in [0.2, 0.25) is 0 Å². The van der Waals surface area contributed by atoms with E-state index in [9.17, 15) is 26.3 Å².